The van der Waals surface area contributed by atoms with Crippen molar-refractivity contribution in [2.45, 2.75) is 6.42 Å². The van der Waals surface area contributed by atoms with Crippen LogP contribution in [0, 0.1) is 0 Å². The Hall–Kier alpha value is -1.28. The molecule has 0 saturated carbocycles. The van der Waals surface area contributed by atoms with Crippen molar-refractivity contribution in [1.82, 2.24) is 4.98 Å². The number of aromatic amines is 1. The third kappa shape index (κ3) is 1.58. The first-order valence-corrected chi connectivity index (χ1v) is 4.46. The van der Waals surface area contributed by atoms with Crippen LogP contribution in [0.25, 0.3) is 10.9 Å². The highest BCUT2D eigenvalue weighted by Gasteiger charge is 1.99. The second-order valence-electron chi connectivity index (χ2n) is 3.10. The molecule has 1 aromatic heterocycles. The van der Waals surface area contributed by atoms with Crippen molar-refractivity contribution in [2.75, 3.05) is 13.7 Å². The van der Waals surface area contributed by atoms with Gasteiger partial charge in [-0.2, -0.15) is 0 Å². The highest BCUT2D eigenvalue weighted by atomic mass is 16.5. The smallest absolute Gasteiger partial charge is 0.0502 e. The summed E-state index contributed by atoms with van der Waals surface area (Å²) >= 11 is 0. The molecule has 2 nitrogen and oxygen atoms in total. The summed E-state index contributed by atoms with van der Waals surface area (Å²) in [6.45, 7) is 0.782. The number of ether oxygens (including phenoxy) is 1. The van der Waals surface area contributed by atoms with Gasteiger partial charge < -0.3 is 9.72 Å². The molecule has 2 rings (SSSR count). The van der Waals surface area contributed by atoms with E-state index in [9.17, 15) is 0 Å². The van der Waals surface area contributed by atoms with Gasteiger partial charge in [-0.15, -0.1) is 0 Å². The molecular formula is C11H13NO. The Morgan fingerprint density at radius 1 is 1.31 bits per heavy atom. The summed E-state index contributed by atoms with van der Waals surface area (Å²) in [7, 11) is 1.73. The molecule has 0 radical (unpaired) electrons. The van der Waals surface area contributed by atoms with E-state index >= 15 is 0 Å². The van der Waals surface area contributed by atoms with Gasteiger partial charge in [-0.3, -0.25) is 0 Å². The van der Waals surface area contributed by atoms with Gasteiger partial charge in [0.2, 0.25) is 0 Å². The van der Waals surface area contributed by atoms with E-state index in [0.717, 1.165) is 13.0 Å². The van der Waals surface area contributed by atoms with E-state index in [1.807, 2.05) is 6.20 Å². The zero-order valence-electron chi connectivity index (χ0n) is 7.71. The lowest BCUT2D eigenvalue weighted by molar-refractivity contribution is 0.202. The normalized spacial score (nSPS) is 10.8. The first kappa shape index (κ1) is 8.32. The summed E-state index contributed by atoms with van der Waals surface area (Å²) in [4.78, 5) is 3.20. The second kappa shape index (κ2) is 3.62. The molecule has 0 amide bonds. The van der Waals surface area contributed by atoms with Gasteiger partial charge in [-0.25, -0.2) is 0 Å². The number of hydrogen-bond donors (Lipinski definition) is 1. The molecule has 0 aliphatic heterocycles. The predicted octanol–water partition coefficient (Wildman–Crippen LogP) is 2.36. The van der Waals surface area contributed by atoms with Gasteiger partial charge in [0.05, 0.1) is 6.61 Å². The largest absolute Gasteiger partial charge is 0.384 e. The van der Waals surface area contributed by atoms with Crippen molar-refractivity contribution in [3.8, 4) is 0 Å². The van der Waals surface area contributed by atoms with E-state index in [0.29, 0.717) is 0 Å². The highest BCUT2D eigenvalue weighted by Crippen LogP contribution is 2.17. The Morgan fingerprint density at radius 2 is 2.23 bits per heavy atom. The quantitative estimate of drug-likeness (QED) is 0.761. The summed E-state index contributed by atoms with van der Waals surface area (Å²) in [6, 6.07) is 8.42. The number of benzene rings is 1. The van der Waals surface area contributed by atoms with Crippen LogP contribution in [0.3, 0.4) is 0 Å². The van der Waals surface area contributed by atoms with Crippen molar-refractivity contribution in [3.05, 3.63) is 36.0 Å². The number of H-pyrrole nitrogens is 1. The number of methoxy groups -OCH3 is 1. The average Bonchev–Trinajstić information content (AvgIpc) is 2.62. The minimum absolute atomic E-state index is 0.782. The number of fused-ring (bicyclic) bond motifs is 1. The van der Waals surface area contributed by atoms with Crippen molar-refractivity contribution in [3.63, 3.8) is 0 Å². The molecule has 1 heterocycles. The molecule has 1 N–H and O–H groups in total. The molecular weight excluding hydrogens is 162 g/mol. The van der Waals surface area contributed by atoms with Crippen LogP contribution in [0.5, 0.6) is 0 Å². The lowest BCUT2D eigenvalue weighted by Crippen LogP contribution is -1.94. The van der Waals surface area contributed by atoms with Gasteiger partial charge in [-0.05, 0) is 24.1 Å². The monoisotopic (exact) mass is 175 g/mol. The Kier molecular flexibility index (Phi) is 2.32. The van der Waals surface area contributed by atoms with Crippen LogP contribution in [0.4, 0.5) is 0 Å². The molecule has 0 saturated heterocycles. The first-order valence-electron chi connectivity index (χ1n) is 4.46. The summed E-state index contributed by atoms with van der Waals surface area (Å²) in [5.41, 5.74) is 2.55. The standard InChI is InChI=1S/C11H13NO/c1-13-8-6-9-3-2-4-11-10(9)5-7-12-11/h2-5,7,12H,6,8H2,1H3. The zero-order valence-corrected chi connectivity index (χ0v) is 7.71. The Bertz CT molecular complexity index is 392. The van der Waals surface area contributed by atoms with Crippen LogP contribution in [0.1, 0.15) is 5.56 Å². The van der Waals surface area contributed by atoms with E-state index in [2.05, 4.69) is 29.2 Å². The van der Waals surface area contributed by atoms with Gasteiger partial charge in [0.1, 0.15) is 0 Å². The van der Waals surface area contributed by atoms with E-state index in [-0.39, 0.29) is 0 Å². The SMILES string of the molecule is COCCc1cccc2[nH]ccc12. The van der Waals surface area contributed by atoms with Gasteiger partial charge in [0, 0.05) is 24.2 Å². The summed E-state index contributed by atoms with van der Waals surface area (Å²) < 4.78 is 5.06. The highest BCUT2D eigenvalue weighted by molar-refractivity contribution is 5.82. The molecule has 0 bridgehead atoms. The predicted molar refractivity (Wildman–Crippen MR) is 53.9 cm³/mol. The summed E-state index contributed by atoms with van der Waals surface area (Å²) in [5.74, 6) is 0. The van der Waals surface area contributed by atoms with Crippen molar-refractivity contribution < 1.29 is 4.74 Å². The molecule has 13 heavy (non-hydrogen) atoms. The molecule has 0 atom stereocenters. The van der Waals surface area contributed by atoms with E-state index < -0.39 is 0 Å². The molecule has 2 aromatic rings. The van der Waals surface area contributed by atoms with Crippen LogP contribution in [0.15, 0.2) is 30.5 Å². The molecule has 0 fully saturated rings. The van der Waals surface area contributed by atoms with Crippen LogP contribution in [0.2, 0.25) is 0 Å². The maximum Gasteiger partial charge on any atom is 0.0502 e. The van der Waals surface area contributed by atoms with Gasteiger partial charge in [-0.1, -0.05) is 12.1 Å². The van der Waals surface area contributed by atoms with Crippen molar-refractivity contribution >= 4 is 10.9 Å². The number of hydrogen-bond acceptors (Lipinski definition) is 1. The topological polar surface area (TPSA) is 25.0 Å². The fourth-order valence-electron chi connectivity index (χ4n) is 1.58. The molecule has 1 aromatic carbocycles. The number of rotatable bonds is 3. The zero-order chi connectivity index (χ0) is 9.10. The fourth-order valence-corrected chi connectivity index (χ4v) is 1.58. The summed E-state index contributed by atoms with van der Waals surface area (Å²) in [6.07, 6.45) is 2.95. The van der Waals surface area contributed by atoms with Crippen molar-refractivity contribution in [1.29, 1.82) is 0 Å². The second-order valence-corrected chi connectivity index (χ2v) is 3.10. The van der Waals surface area contributed by atoms with Crippen LogP contribution < -0.4 is 0 Å². The Labute approximate surface area is 77.5 Å². The number of aromatic nitrogens is 1. The Balaban J connectivity index is 2.37. The average molecular weight is 175 g/mol. The summed E-state index contributed by atoms with van der Waals surface area (Å²) in [5, 5.41) is 1.31. The van der Waals surface area contributed by atoms with Gasteiger partial charge >= 0.3 is 0 Å². The van der Waals surface area contributed by atoms with Crippen LogP contribution in [-0.4, -0.2) is 18.7 Å². The molecule has 0 aliphatic carbocycles. The van der Waals surface area contributed by atoms with Crippen LogP contribution in [-0.2, 0) is 11.2 Å². The van der Waals surface area contributed by atoms with E-state index in [1.54, 1.807) is 7.11 Å². The molecule has 0 unspecified atom stereocenters. The fraction of sp³-hybridized carbons (Fsp3) is 0.273. The third-order valence-corrected chi connectivity index (χ3v) is 2.26. The molecule has 68 valence electrons. The maximum absolute atomic E-state index is 5.06. The molecule has 0 spiro atoms. The lowest BCUT2D eigenvalue weighted by atomic mass is 10.1. The van der Waals surface area contributed by atoms with Gasteiger partial charge in [0.15, 0.2) is 0 Å². The molecule has 2 heteroatoms. The third-order valence-electron chi connectivity index (χ3n) is 2.26. The minimum Gasteiger partial charge on any atom is -0.384 e. The number of nitrogens with one attached hydrogen (secondary N) is 1. The lowest BCUT2D eigenvalue weighted by Gasteiger charge is -2.01. The molecule has 0 aliphatic rings. The van der Waals surface area contributed by atoms with Crippen molar-refractivity contribution in [2.24, 2.45) is 0 Å². The maximum atomic E-state index is 5.06. The van der Waals surface area contributed by atoms with E-state index in [1.165, 1.54) is 16.5 Å². The Morgan fingerprint density at radius 3 is 3.08 bits per heavy atom. The van der Waals surface area contributed by atoms with Crippen LogP contribution >= 0.6 is 0 Å². The minimum atomic E-state index is 0.782. The first-order chi connectivity index (χ1) is 6.42. The van der Waals surface area contributed by atoms with Gasteiger partial charge in [0.25, 0.3) is 0 Å². The van der Waals surface area contributed by atoms with E-state index in [4.69, 9.17) is 4.74 Å².